The zero-order chi connectivity index (χ0) is 25.4. The van der Waals surface area contributed by atoms with Gasteiger partial charge in [-0.2, -0.15) is 0 Å². The molecule has 0 bridgehead atoms. The first-order valence-electron chi connectivity index (χ1n) is 11.5. The molecule has 1 fully saturated rings. The maximum atomic E-state index is 12.5. The third kappa shape index (κ3) is 6.08. The Hall–Kier alpha value is -3.20. The second-order valence-electron chi connectivity index (χ2n) is 9.86. The number of nitrogens with one attached hydrogen (secondary N) is 1. The molecule has 1 heterocycles. The lowest BCUT2D eigenvalue weighted by Gasteiger charge is -2.21. The third-order valence-electron chi connectivity index (χ3n) is 6.03. The Morgan fingerprint density at radius 1 is 1.11 bits per heavy atom. The Balaban J connectivity index is 1.61. The zero-order valence-corrected chi connectivity index (χ0v) is 19.9. The smallest absolute Gasteiger partial charge is 0.444 e. The largest absolute Gasteiger partial charge is 0.573 e. The molecule has 2 aromatic carbocycles. The lowest BCUT2D eigenvalue weighted by Crippen LogP contribution is -2.37. The number of aliphatic hydroxyl groups excluding tert-OH is 1. The van der Waals surface area contributed by atoms with E-state index >= 15 is 0 Å². The van der Waals surface area contributed by atoms with Crippen molar-refractivity contribution in [2.24, 2.45) is 0 Å². The van der Waals surface area contributed by atoms with Gasteiger partial charge in [0.25, 0.3) is 0 Å². The predicted octanol–water partition coefficient (Wildman–Crippen LogP) is 6.18. The second-order valence-corrected chi connectivity index (χ2v) is 9.86. The van der Waals surface area contributed by atoms with Gasteiger partial charge in [-0.05, 0) is 87.4 Å². The van der Waals surface area contributed by atoms with Crippen molar-refractivity contribution in [1.29, 1.82) is 0 Å². The number of aliphatic hydroxyl groups is 1. The van der Waals surface area contributed by atoms with Crippen LogP contribution in [0.25, 0.3) is 16.6 Å². The molecule has 0 saturated heterocycles. The highest BCUT2D eigenvalue weighted by molar-refractivity contribution is 5.87. The van der Waals surface area contributed by atoms with Crippen molar-refractivity contribution in [2.75, 3.05) is 0 Å². The molecule has 0 spiro atoms. The number of aromatic nitrogens is 1. The fourth-order valence-electron chi connectivity index (χ4n) is 4.61. The number of carbonyl (C=O) groups excluding carboxylic acids is 1. The second kappa shape index (κ2) is 9.45. The maximum Gasteiger partial charge on any atom is 0.573 e. The Bertz CT molecular complexity index is 1200. The van der Waals surface area contributed by atoms with Gasteiger partial charge in [-0.15, -0.1) is 13.2 Å². The van der Waals surface area contributed by atoms with E-state index in [4.69, 9.17) is 4.74 Å². The van der Waals surface area contributed by atoms with Crippen molar-refractivity contribution < 1.29 is 32.5 Å². The molecule has 3 aromatic rings. The van der Waals surface area contributed by atoms with Crippen LogP contribution in [0.15, 0.2) is 48.7 Å². The number of halogens is 3. The standard InChI is InChI=1S/C26H29F3N2O4/c1-25(2,3)35-24(33)30-18-6-5-17(13-18)22-14-31(23-12-16(15-32)4-11-21(22)23)19-7-9-20(10-8-19)34-26(27,28)29/h4,7-12,14,17-18,32H,5-6,13,15H2,1-3H3,(H,30,33). The highest BCUT2D eigenvalue weighted by Gasteiger charge is 2.32. The van der Waals surface area contributed by atoms with Crippen molar-refractivity contribution in [2.45, 2.75) is 70.6 Å². The first kappa shape index (κ1) is 24.9. The van der Waals surface area contributed by atoms with E-state index in [1.165, 1.54) is 12.1 Å². The molecule has 1 amide bonds. The summed E-state index contributed by atoms with van der Waals surface area (Å²) in [6.45, 7) is 5.34. The van der Waals surface area contributed by atoms with Gasteiger partial charge in [0.05, 0.1) is 12.1 Å². The van der Waals surface area contributed by atoms with E-state index in [1.807, 2.05) is 49.7 Å². The van der Waals surface area contributed by atoms with Crippen molar-refractivity contribution in [1.82, 2.24) is 9.88 Å². The minimum Gasteiger partial charge on any atom is -0.444 e. The molecule has 2 atom stereocenters. The average Bonchev–Trinajstić information content (AvgIpc) is 3.35. The van der Waals surface area contributed by atoms with Crippen LogP contribution in [0, 0.1) is 0 Å². The van der Waals surface area contributed by atoms with Gasteiger partial charge in [0.2, 0.25) is 0 Å². The average molecular weight is 491 g/mol. The van der Waals surface area contributed by atoms with Crippen LogP contribution >= 0.6 is 0 Å². The van der Waals surface area contributed by atoms with Gasteiger partial charge in [0.15, 0.2) is 0 Å². The van der Waals surface area contributed by atoms with Gasteiger partial charge in [-0.3, -0.25) is 0 Å². The summed E-state index contributed by atoms with van der Waals surface area (Å²) in [5.74, 6) is -0.104. The number of ether oxygens (including phenoxy) is 2. The summed E-state index contributed by atoms with van der Waals surface area (Å²) >= 11 is 0. The fourth-order valence-corrected chi connectivity index (χ4v) is 4.61. The molecule has 1 aromatic heterocycles. The number of rotatable bonds is 5. The van der Waals surface area contributed by atoms with Gasteiger partial charge < -0.3 is 24.5 Å². The molecule has 2 unspecified atom stereocenters. The lowest BCUT2D eigenvalue weighted by atomic mass is 9.96. The number of alkyl carbamates (subject to hydrolysis) is 1. The monoisotopic (exact) mass is 490 g/mol. The van der Waals surface area contributed by atoms with E-state index in [-0.39, 0.29) is 24.3 Å². The summed E-state index contributed by atoms with van der Waals surface area (Å²) in [5.41, 5.74) is 2.78. The molecule has 6 nitrogen and oxygen atoms in total. The SMILES string of the molecule is CC(C)(C)OC(=O)NC1CCC(c2cn(-c3ccc(OC(F)(F)F)cc3)c3cc(CO)ccc23)C1. The number of hydrogen-bond acceptors (Lipinski definition) is 4. The molecule has 9 heteroatoms. The van der Waals surface area contributed by atoms with Crippen LogP contribution in [0.3, 0.4) is 0 Å². The highest BCUT2D eigenvalue weighted by atomic mass is 19.4. The topological polar surface area (TPSA) is 72.7 Å². The van der Waals surface area contributed by atoms with Crippen LogP contribution < -0.4 is 10.1 Å². The molecule has 35 heavy (non-hydrogen) atoms. The van der Waals surface area contributed by atoms with Crippen LogP contribution in [0.5, 0.6) is 5.75 Å². The fraction of sp³-hybridized carbons (Fsp3) is 0.423. The Morgan fingerprint density at radius 2 is 1.83 bits per heavy atom. The first-order chi connectivity index (χ1) is 16.4. The molecule has 1 saturated carbocycles. The number of fused-ring (bicyclic) bond motifs is 1. The molecule has 2 N–H and O–H groups in total. The van der Waals surface area contributed by atoms with Crippen molar-refractivity contribution in [3.63, 3.8) is 0 Å². The van der Waals surface area contributed by atoms with Gasteiger partial charge in [0.1, 0.15) is 11.4 Å². The zero-order valence-electron chi connectivity index (χ0n) is 19.9. The summed E-state index contributed by atoms with van der Waals surface area (Å²) in [5, 5.41) is 13.6. The van der Waals surface area contributed by atoms with Gasteiger partial charge >= 0.3 is 12.5 Å². The third-order valence-corrected chi connectivity index (χ3v) is 6.03. The minimum atomic E-state index is -4.75. The molecule has 0 aliphatic heterocycles. The maximum absolute atomic E-state index is 12.5. The first-order valence-corrected chi connectivity index (χ1v) is 11.5. The van der Waals surface area contributed by atoms with Crippen molar-refractivity contribution in [3.05, 3.63) is 59.8 Å². The van der Waals surface area contributed by atoms with Crippen LogP contribution in [0.4, 0.5) is 18.0 Å². The van der Waals surface area contributed by atoms with E-state index < -0.39 is 18.1 Å². The van der Waals surface area contributed by atoms with Gasteiger partial charge in [-0.1, -0.05) is 12.1 Å². The molecule has 188 valence electrons. The summed E-state index contributed by atoms with van der Waals surface area (Å²) in [6, 6.07) is 11.4. The molecule has 1 aliphatic rings. The summed E-state index contributed by atoms with van der Waals surface area (Å²) in [7, 11) is 0. The van der Waals surface area contributed by atoms with E-state index in [0.29, 0.717) is 5.69 Å². The molecule has 0 radical (unpaired) electrons. The van der Waals surface area contributed by atoms with E-state index in [0.717, 1.165) is 41.3 Å². The highest BCUT2D eigenvalue weighted by Crippen LogP contribution is 2.40. The van der Waals surface area contributed by atoms with Crippen LogP contribution in [-0.4, -0.2) is 33.8 Å². The summed E-state index contributed by atoms with van der Waals surface area (Å²) in [4.78, 5) is 12.2. The van der Waals surface area contributed by atoms with Gasteiger partial charge in [0, 0.05) is 23.3 Å². The summed E-state index contributed by atoms with van der Waals surface area (Å²) < 4.78 is 48.9. The lowest BCUT2D eigenvalue weighted by molar-refractivity contribution is -0.274. The van der Waals surface area contributed by atoms with Crippen LogP contribution in [-0.2, 0) is 11.3 Å². The molecular weight excluding hydrogens is 461 g/mol. The van der Waals surface area contributed by atoms with Crippen LogP contribution in [0.2, 0.25) is 0 Å². The van der Waals surface area contributed by atoms with E-state index in [2.05, 4.69) is 10.1 Å². The quantitative estimate of drug-likeness (QED) is 0.448. The number of benzene rings is 2. The number of amides is 1. The van der Waals surface area contributed by atoms with Crippen molar-refractivity contribution in [3.8, 4) is 11.4 Å². The van der Waals surface area contributed by atoms with E-state index in [1.54, 1.807) is 12.1 Å². The van der Waals surface area contributed by atoms with E-state index in [9.17, 15) is 23.1 Å². The summed E-state index contributed by atoms with van der Waals surface area (Å²) in [6.07, 6.45) is -0.754. The Kier molecular flexibility index (Phi) is 6.73. The molecular formula is C26H29F3N2O4. The van der Waals surface area contributed by atoms with Crippen molar-refractivity contribution >= 4 is 17.0 Å². The number of alkyl halides is 3. The number of carbonyl (C=O) groups is 1. The normalized spacial score (nSPS) is 18.6. The molecule has 1 aliphatic carbocycles. The Morgan fingerprint density at radius 3 is 2.46 bits per heavy atom. The van der Waals surface area contributed by atoms with Crippen LogP contribution in [0.1, 0.15) is 57.1 Å². The predicted molar refractivity (Wildman–Crippen MR) is 126 cm³/mol. The number of nitrogens with zero attached hydrogens (tertiary/aromatic N) is 1. The minimum absolute atomic E-state index is 0.0104. The number of hydrogen-bond donors (Lipinski definition) is 2. The Labute approximate surface area is 201 Å². The van der Waals surface area contributed by atoms with Gasteiger partial charge in [-0.25, -0.2) is 4.79 Å². The molecule has 4 rings (SSSR count).